The third-order valence-corrected chi connectivity index (χ3v) is 5.56. The second kappa shape index (κ2) is 7.11. The molecule has 2 rings (SSSR count). The van der Waals surface area contributed by atoms with E-state index in [4.69, 9.17) is 23.2 Å². The zero-order chi connectivity index (χ0) is 15.5. The van der Waals surface area contributed by atoms with E-state index in [1.165, 1.54) is 0 Å². The second-order valence-corrected chi connectivity index (χ2v) is 7.85. The summed E-state index contributed by atoms with van der Waals surface area (Å²) < 4.78 is 27.6. The largest absolute Gasteiger partial charge is 0.240 e. The predicted molar refractivity (Wildman–Crippen MR) is 89.5 cm³/mol. The van der Waals surface area contributed by atoms with Gasteiger partial charge in [-0.05, 0) is 48.4 Å². The van der Waals surface area contributed by atoms with E-state index in [2.05, 4.69) is 20.7 Å². The van der Waals surface area contributed by atoms with Gasteiger partial charge in [0.05, 0.1) is 14.9 Å². The summed E-state index contributed by atoms with van der Waals surface area (Å²) in [5, 5.41) is 0.945. The van der Waals surface area contributed by atoms with E-state index in [9.17, 15) is 8.42 Å². The fourth-order valence-corrected chi connectivity index (χ4v) is 3.34. The molecule has 0 heterocycles. The van der Waals surface area contributed by atoms with E-state index < -0.39 is 10.0 Å². The molecule has 0 fully saturated rings. The first kappa shape index (κ1) is 16.8. The molecule has 0 atom stereocenters. The summed E-state index contributed by atoms with van der Waals surface area (Å²) >= 11 is 15.0. The number of hydrogen-bond acceptors (Lipinski definition) is 2. The third-order valence-electron chi connectivity index (χ3n) is 2.81. The first-order valence-electron chi connectivity index (χ1n) is 6.08. The SMILES string of the molecule is O=S(=O)(NCCc1ccc(Cl)c(Cl)c1)c1ccc(Br)cc1. The van der Waals surface area contributed by atoms with Gasteiger partial charge in [0.25, 0.3) is 0 Å². The van der Waals surface area contributed by atoms with Crippen molar-refractivity contribution in [1.82, 2.24) is 4.72 Å². The summed E-state index contributed by atoms with van der Waals surface area (Å²) in [5.74, 6) is 0. The van der Waals surface area contributed by atoms with Gasteiger partial charge in [-0.15, -0.1) is 0 Å². The van der Waals surface area contributed by atoms with E-state index in [0.29, 0.717) is 16.5 Å². The van der Waals surface area contributed by atoms with Crippen molar-refractivity contribution in [1.29, 1.82) is 0 Å². The van der Waals surface area contributed by atoms with Crippen LogP contribution in [0.4, 0.5) is 0 Å². The Morgan fingerprint density at radius 1 is 1.00 bits per heavy atom. The predicted octanol–water partition coefficient (Wildman–Crippen LogP) is 4.28. The number of sulfonamides is 1. The highest BCUT2D eigenvalue weighted by molar-refractivity contribution is 9.10. The summed E-state index contributed by atoms with van der Waals surface area (Å²) in [6, 6.07) is 11.7. The van der Waals surface area contributed by atoms with E-state index >= 15 is 0 Å². The Balaban J connectivity index is 1.98. The van der Waals surface area contributed by atoms with Gasteiger partial charge in [0.2, 0.25) is 10.0 Å². The Hall–Kier alpha value is -0.590. The normalized spacial score (nSPS) is 11.6. The number of halogens is 3. The average molecular weight is 409 g/mol. The molecule has 7 heteroatoms. The van der Waals surface area contributed by atoms with Crippen LogP contribution in [0.15, 0.2) is 51.8 Å². The summed E-state index contributed by atoms with van der Waals surface area (Å²) in [6.45, 7) is 0.288. The Bertz CT molecular complexity index is 733. The van der Waals surface area contributed by atoms with Crippen molar-refractivity contribution >= 4 is 49.2 Å². The number of benzene rings is 2. The van der Waals surface area contributed by atoms with Crippen LogP contribution in [0, 0.1) is 0 Å². The summed E-state index contributed by atoms with van der Waals surface area (Å²) in [4.78, 5) is 0.236. The van der Waals surface area contributed by atoms with Crippen LogP contribution >= 0.6 is 39.1 Å². The molecule has 0 amide bonds. The van der Waals surface area contributed by atoms with Crippen molar-refractivity contribution in [2.24, 2.45) is 0 Å². The van der Waals surface area contributed by atoms with E-state index in [1.54, 1.807) is 36.4 Å². The lowest BCUT2D eigenvalue weighted by Crippen LogP contribution is -2.25. The van der Waals surface area contributed by atoms with E-state index in [1.807, 2.05) is 6.07 Å². The molecule has 0 aliphatic rings. The Labute approximate surface area is 142 Å². The topological polar surface area (TPSA) is 46.2 Å². The molecule has 3 nitrogen and oxygen atoms in total. The van der Waals surface area contributed by atoms with Gasteiger partial charge in [-0.2, -0.15) is 0 Å². The van der Waals surface area contributed by atoms with Gasteiger partial charge >= 0.3 is 0 Å². The zero-order valence-corrected chi connectivity index (χ0v) is 14.7. The van der Waals surface area contributed by atoms with Crippen LogP contribution in [0.1, 0.15) is 5.56 Å². The molecule has 0 saturated carbocycles. The molecule has 0 radical (unpaired) electrons. The highest BCUT2D eigenvalue weighted by Crippen LogP contribution is 2.22. The van der Waals surface area contributed by atoms with Gasteiger partial charge in [0.15, 0.2) is 0 Å². The molecule has 1 N–H and O–H groups in total. The van der Waals surface area contributed by atoms with Crippen molar-refractivity contribution in [3.8, 4) is 0 Å². The number of rotatable bonds is 5. The quantitative estimate of drug-likeness (QED) is 0.802. The van der Waals surface area contributed by atoms with Crippen molar-refractivity contribution in [3.63, 3.8) is 0 Å². The van der Waals surface area contributed by atoms with Crippen LogP contribution in [0.2, 0.25) is 10.0 Å². The second-order valence-electron chi connectivity index (χ2n) is 4.35. The van der Waals surface area contributed by atoms with Crippen LogP contribution in [0.25, 0.3) is 0 Å². The molecule has 0 bridgehead atoms. The standard InChI is InChI=1S/C14H12BrCl2NO2S/c15-11-2-4-12(5-3-11)21(19,20)18-8-7-10-1-6-13(16)14(17)9-10/h1-6,9,18H,7-8H2. The van der Waals surface area contributed by atoms with Crippen molar-refractivity contribution < 1.29 is 8.42 Å². The summed E-state index contributed by atoms with van der Waals surface area (Å²) in [5.41, 5.74) is 0.919. The van der Waals surface area contributed by atoms with Gasteiger partial charge < -0.3 is 0 Å². The maximum atomic E-state index is 12.1. The molecule has 21 heavy (non-hydrogen) atoms. The van der Waals surface area contributed by atoms with Crippen LogP contribution in [0.5, 0.6) is 0 Å². The van der Waals surface area contributed by atoms with Crippen LogP contribution in [0.3, 0.4) is 0 Å². The Kier molecular flexibility index (Phi) is 5.68. The lowest BCUT2D eigenvalue weighted by molar-refractivity contribution is 0.581. The summed E-state index contributed by atoms with van der Waals surface area (Å²) in [7, 11) is -3.50. The first-order valence-corrected chi connectivity index (χ1v) is 9.11. The van der Waals surface area contributed by atoms with Crippen molar-refractivity contribution in [2.75, 3.05) is 6.54 Å². The number of nitrogens with one attached hydrogen (secondary N) is 1. The molecule has 0 aliphatic carbocycles. The summed E-state index contributed by atoms with van der Waals surface area (Å²) in [6.07, 6.45) is 0.534. The lowest BCUT2D eigenvalue weighted by atomic mass is 10.1. The molecule has 0 saturated heterocycles. The monoisotopic (exact) mass is 407 g/mol. The van der Waals surface area contributed by atoms with Crippen LogP contribution in [-0.2, 0) is 16.4 Å². The van der Waals surface area contributed by atoms with Gasteiger partial charge in [0, 0.05) is 11.0 Å². The minimum absolute atomic E-state index is 0.236. The lowest BCUT2D eigenvalue weighted by Gasteiger charge is -2.07. The van der Waals surface area contributed by atoms with E-state index in [-0.39, 0.29) is 11.4 Å². The maximum Gasteiger partial charge on any atom is 0.240 e. The van der Waals surface area contributed by atoms with Gasteiger partial charge in [-0.1, -0.05) is 45.2 Å². The Morgan fingerprint density at radius 2 is 1.67 bits per heavy atom. The minimum Gasteiger partial charge on any atom is -0.211 e. The van der Waals surface area contributed by atoms with Crippen molar-refractivity contribution in [3.05, 3.63) is 62.5 Å². The van der Waals surface area contributed by atoms with Crippen LogP contribution < -0.4 is 4.72 Å². The molecule has 2 aromatic rings. The van der Waals surface area contributed by atoms with Gasteiger partial charge in [-0.3, -0.25) is 0 Å². The molecule has 0 aromatic heterocycles. The van der Waals surface area contributed by atoms with E-state index in [0.717, 1.165) is 10.0 Å². The highest BCUT2D eigenvalue weighted by Gasteiger charge is 2.12. The molecule has 0 aliphatic heterocycles. The fourth-order valence-electron chi connectivity index (χ4n) is 1.72. The first-order chi connectivity index (χ1) is 9.88. The fraction of sp³-hybridized carbons (Fsp3) is 0.143. The molecular weight excluding hydrogens is 397 g/mol. The number of hydrogen-bond donors (Lipinski definition) is 1. The maximum absolute atomic E-state index is 12.1. The van der Waals surface area contributed by atoms with Crippen LogP contribution in [-0.4, -0.2) is 15.0 Å². The molecule has 112 valence electrons. The molecule has 0 spiro atoms. The average Bonchev–Trinajstić information content (AvgIpc) is 2.43. The third kappa shape index (κ3) is 4.69. The molecule has 0 unspecified atom stereocenters. The molecule has 2 aromatic carbocycles. The van der Waals surface area contributed by atoms with Gasteiger partial charge in [0.1, 0.15) is 0 Å². The highest BCUT2D eigenvalue weighted by atomic mass is 79.9. The smallest absolute Gasteiger partial charge is 0.211 e. The Morgan fingerprint density at radius 3 is 2.29 bits per heavy atom. The zero-order valence-electron chi connectivity index (χ0n) is 10.8. The van der Waals surface area contributed by atoms with Crippen molar-refractivity contribution in [2.45, 2.75) is 11.3 Å². The minimum atomic E-state index is -3.50. The van der Waals surface area contributed by atoms with Gasteiger partial charge in [-0.25, -0.2) is 13.1 Å². The molecular formula is C14H12BrCl2NO2S.